The monoisotopic (exact) mass is 244 g/mol. The molecule has 0 saturated heterocycles. The zero-order chi connectivity index (χ0) is 13.6. The van der Waals surface area contributed by atoms with E-state index in [-0.39, 0.29) is 5.41 Å². The first-order valence-electron chi connectivity index (χ1n) is 6.27. The van der Waals surface area contributed by atoms with Crippen LogP contribution in [0.25, 0.3) is 0 Å². The molecule has 0 saturated carbocycles. The normalized spacial score (nSPS) is 10.8. The predicted molar refractivity (Wildman–Crippen MR) is 72.1 cm³/mol. The molecule has 1 N–H and O–H groups in total. The van der Waals surface area contributed by atoms with E-state index in [4.69, 9.17) is 5.26 Å². The zero-order valence-electron chi connectivity index (χ0n) is 11.3. The van der Waals surface area contributed by atoms with Gasteiger partial charge in [0.15, 0.2) is 6.07 Å². The molecule has 0 aliphatic rings. The minimum atomic E-state index is -0.578. The molecule has 0 aliphatic heterocycles. The van der Waals surface area contributed by atoms with Gasteiger partial charge < -0.3 is 5.32 Å². The first kappa shape index (κ1) is 14.2. The maximum absolute atomic E-state index is 11.0. The molecular weight excluding hydrogens is 224 g/mol. The third-order valence-corrected chi connectivity index (χ3v) is 3.07. The summed E-state index contributed by atoms with van der Waals surface area (Å²) in [5, 5.41) is 11.0. The van der Waals surface area contributed by atoms with Gasteiger partial charge >= 0.3 is 5.91 Å². The fourth-order valence-corrected chi connectivity index (χ4v) is 1.85. The van der Waals surface area contributed by atoms with E-state index in [0.29, 0.717) is 6.54 Å². The molecule has 0 spiro atoms. The fraction of sp³-hybridized carbons (Fsp3) is 0.467. The number of carbonyl (C=O) groups is 1. The Labute approximate surface area is 109 Å². The molecule has 18 heavy (non-hydrogen) atoms. The van der Waals surface area contributed by atoms with Crippen molar-refractivity contribution in [1.29, 1.82) is 5.26 Å². The van der Waals surface area contributed by atoms with Crippen molar-refractivity contribution >= 4 is 5.91 Å². The standard InChI is InChI=1S/C15H20N2O/c1-4-5-12-6-8-13(9-7-12)15(2,3)11-17-14(18)10-16/h6-9H,4-5,11H2,1-3H3,(H,17,18). The Morgan fingerprint density at radius 1 is 1.33 bits per heavy atom. The molecule has 1 aromatic rings. The van der Waals surface area contributed by atoms with Crippen LogP contribution in [-0.4, -0.2) is 12.5 Å². The maximum atomic E-state index is 11.0. The second-order valence-electron chi connectivity index (χ2n) is 5.13. The highest BCUT2D eigenvalue weighted by molar-refractivity contribution is 5.91. The van der Waals surface area contributed by atoms with Gasteiger partial charge in [0.25, 0.3) is 0 Å². The predicted octanol–water partition coefficient (Wildman–Crippen LogP) is 2.56. The van der Waals surface area contributed by atoms with Crippen molar-refractivity contribution in [1.82, 2.24) is 5.32 Å². The number of hydrogen-bond acceptors (Lipinski definition) is 2. The third kappa shape index (κ3) is 3.89. The van der Waals surface area contributed by atoms with Crippen molar-refractivity contribution in [3.05, 3.63) is 35.4 Å². The minimum Gasteiger partial charge on any atom is -0.343 e. The molecule has 96 valence electrons. The first-order chi connectivity index (χ1) is 8.49. The van der Waals surface area contributed by atoms with Crippen LogP contribution in [0.4, 0.5) is 0 Å². The number of amides is 1. The number of carbonyl (C=O) groups excluding carboxylic acids is 1. The van der Waals surface area contributed by atoms with Gasteiger partial charge in [0.1, 0.15) is 0 Å². The third-order valence-electron chi connectivity index (χ3n) is 3.07. The van der Waals surface area contributed by atoms with E-state index in [0.717, 1.165) is 12.8 Å². The number of nitrogens with zero attached hydrogens (tertiary/aromatic N) is 1. The number of aryl methyl sites for hydroxylation is 1. The molecular formula is C15H20N2O. The van der Waals surface area contributed by atoms with E-state index in [1.807, 2.05) is 0 Å². The number of benzene rings is 1. The number of rotatable bonds is 5. The van der Waals surface area contributed by atoms with Crippen LogP contribution in [0.5, 0.6) is 0 Å². The van der Waals surface area contributed by atoms with Crippen molar-refractivity contribution in [2.24, 2.45) is 0 Å². The lowest BCUT2D eigenvalue weighted by molar-refractivity contribution is -0.116. The van der Waals surface area contributed by atoms with Gasteiger partial charge in [-0.3, -0.25) is 4.79 Å². The zero-order valence-corrected chi connectivity index (χ0v) is 11.3. The summed E-state index contributed by atoms with van der Waals surface area (Å²) >= 11 is 0. The number of nitrogens with one attached hydrogen (secondary N) is 1. The molecule has 0 aromatic heterocycles. The Hall–Kier alpha value is -1.82. The summed E-state index contributed by atoms with van der Waals surface area (Å²) in [7, 11) is 0. The highest BCUT2D eigenvalue weighted by Gasteiger charge is 2.21. The van der Waals surface area contributed by atoms with Gasteiger partial charge in [-0.1, -0.05) is 51.5 Å². The molecule has 0 fully saturated rings. The first-order valence-corrected chi connectivity index (χ1v) is 6.27. The Morgan fingerprint density at radius 3 is 2.44 bits per heavy atom. The van der Waals surface area contributed by atoms with Gasteiger partial charge in [0.2, 0.25) is 0 Å². The Morgan fingerprint density at radius 2 is 1.94 bits per heavy atom. The minimum absolute atomic E-state index is 0.169. The van der Waals surface area contributed by atoms with E-state index in [1.54, 1.807) is 6.07 Å². The molecule has 0 aliphatic carbocycles. The fourth-order valence-electron chi connectivity index (χ4n) is 1.85. The molecule has 3 heteroatoms. The Kier molecular flexibility index (Phi) is 4.91. The molecule has 0 radical (unpaired) electrons. The Balaban J connectivity index is 2.72. The van der Waals surface area contributed by atoms with E-state index < -0.39 is 5.91 Å². The second-order valence-corrected chi connectivity index (χ2v) is 5.13. The quantitative estimate of drug-likeness (QED) is 0.809. The van der Waals surface area contributed by atoms with Crippen LogP contribution in [-0.2, 0) is 16.6 Å². The summed E-state index contributed by atoms with van der Waals surface area (Å²) in [6.07, 6.45) is 2.23. The Bertz CT molecular complexity index is 441. The molecule has 1 rings (SSSR count). The number of nitriles is 1. The van der Waals surface area contributed by atoms with Gasteiger partial charge in [0.05, 0.1) is 0 Å². The summed E-state index contributed by atoms with van der Waals surface area (Å²) in [5.74, 6) is -0.578. The van der Waals surface area contributed by atoms with Crippen molar-refractivity contribution in [3.63, 3.8) is 0 Å². The molecule has 1 aromatic carbocycles. The van der Waals surface area contributed by atoms with Crippen molar-refractivity contribution in [3.8, 4) is 6.07 Å². The molecule has 0 unspecified atom stereocenters. The van der Waals surface area contributed by atoms with Crippen LogP contribution >= 0.6 is 0 Å². The average Bonchev–Trinajstić information content (AvgIpc) is 2.37. The van der Waals surface area contributed by atoms with Crippen LogP contribution in [0.3, 0.4) is 0 Å². The summed E-state index contributed by atoms with van der Waals surface area (Å²) < 4.78 is 0. The highest BCUT2D eigenvalue weighted by Crippen LogP contribution is 2.22. The van der Waals surface area contributed by atoms with E-state index in [9.17, 15) is 4.79 Å². The van der Waals surface area contributed by atoms with E-state index >= 15 is 0 Å². The molecule has 3 nitrogen and oxygen atoms in total. The van der Waals surface area contributed by atoms with Crippen molar-refractivity contribution in [2.45, 2.75) is 39.0 Å². The SMILES string of the molecule is CCCc1ccc(C(C)(C)CNC(=O)C#N)cc1. The van der Waals surface area contributed by atoms with Crippen molar-refractivity contribution in [2.75, 3.05) is 6.54 Å². The molecule has 0 heterocycles. The lowest BCUT2D eigenvalue weighted by atomic mass is 9.84. The van der Waals surface area contributed by atoms with Gasteiger partial charge in [-0.15, -0.1) is 0 Å². The summed E-state index contributed by atoms with van der Waals surface area (Å²) in [4.78, 5) is 11.0. The van der Waals surface area contributed by atoms with Gasteiger partial charge in [-0.25, -0.2) is 0 Å². The smallest absolute Gasteiger partial charge is 0.322 e. The lowest BCUT2D eigenvalue weighted by Gasteiger charge is -2.25. The van der Waals surface area contributed by atoms with Crippen LogP contribution in [0, 0.1) is 11.3 Å². The summed E-state index contributed by atoms with van der Waals surface area (Å²) in [6, 6.07) is 10.0. The van der Waals surface area contributed by atoms with Crippen molar-refractivity contribution < 1.29 is 4.79 Å². The molecule has 1 amide bonds. The molecule has 0 bridgehead atoms. The van der Waals surface area contributed by atoms with Gasteiger partial charge in [-0.05, 0) is 17.5 Å². The van der Waals surface area contributed by atoms with E-state index in [2.05, 4.69) is 50.4 Å². The van der Waals surface area contributed by atoms with Gasteiger partial charge in [0, 0.05) is 12.0 Å². The second kappa shape index (κ2) is 6.20. The van der Waals surface area contributed by atoms with Crippen LogP contribution in [0.15, 0.2) is 24.3 Å². The largest absolute Gasteiger partial charge is 0.343 e. The highest BCUT2D eigenvalue weighted by atomic mass is 16.1. The van der Waals surface area contributed by atoms with Crippen LogP contribution < -0.4 is 5.32 Å². The number of hydrogen-bond donors (Lipinski definition) is 1. The molecule has 0 atom stereocenters. The summed E-state index contributed by atoms with van der Waals surface area (Å²) in [5.41, 5.74) is 2.33. The van der Waals surface area contributed by atoms with Crippen LogP contribution in [0.2, 0.25) is 0 Å². The lowest BCUT2D eigenvalue weighted by Crippen LogP contribution is -2.36. The summed E-state index contributed by atoms with van der Waals surface area (Å²) in [6.45, 7) is 6.74. The van der Waals surface area contributed by atoms with E-state index in [1.165, 1.54) is 11.1 Å². The van der Waals surface area contributed by atoms with Gasteiger partial charge in [-0.2, -0.15) is 5.26 Å². The van der Waals surface area contributed by atoms with Crippen LogP contribution in [0.1, 0.15) is 38.3 Å². The topological polar surface area (TPSA) is 52.9 Å². The average molecular weight is 244 g/mol. The maximum Gasteiger partial charge on any atom is 0.322 e.